The lowest BCUT2D eigenvalue weighted by atomic mass is 10.4. The molecule has 0 unspecified atom stereocenters. The summed E-state index contributed by atoms with van der Waals surface area (Å²) < 4.78 is 32.7. The topological polar surface area (TPSA) is 85.6 Å². The van der Waals surface area contributed by atoms with E-state index in [-0.39, 0.29) is 22.5 Å². The van der Waals surface area contributed by atoms with Crippen LogP contribution >= 0.6 is 10.7 Å². The van der Waals surface area contributed by atoms with Gasteiger partial charge in [0.25, 0.3) is 15.0 Å². The van der Waals surface area contributed by atoms with Gasteiger partial charge in [0.15, 0.2) is 5.76 Å². The molecule has 1 heterocycles. The van der Waals surface area contributed by atoms with Gasteiger partial charge >= 0.3 is 0 Å². The van der Waals surface area contributed by atoms with Crippen LogP contribution in [0.25, 0.3) is 0 Å². The van der Waals surface area contributed by atoms with Crippen LogP contribution in [-0.4, -0.2) is 33.6 Å². The Morgan fingerprint density at radius 3 is 2.63 bits per heavy atom. The molecule has 0 aliphatic rings. The Morgan fingerprint density at radius 1 is 1.53 bits per heavy atom. The first-order chi connectivity index (χ1) is 8.71. The molecular formula is C11H16ClNO5S. The van der Waals surface area contributed by atoms with Gasteiger partial charge < -0.3 is 14.5 Å². The van der Waals surface area contributed by atoms with E-state index in [1.165, 1.54) is 6.92 Å². The molecule has 1 aromatic heterocycles. The SMILES string of the molecule is Cc1oc(C(=O)NCCOC(C)C)cc1S(=O)(=O)Cl. The standard InChI is InChI=1S/C11H16ClNO5S/c1-7(2)17-5-4-13-11(14)9-6-10(8(3)18-9)19(12,15)16/h6-7H,4-5H2,1-3H3,(H,13,14). The second kappa shape index (κ2) is 6.40. The van der Waals surface area contributed by atoms with Crippen molar-refractivity contribution in [1.82, 2.24) is 5.32 Å². The van der Waals surface area contributed by atoms with Crippen LogP contribution < -0.4 is 5.32 Å². The molecule has 0 fully saturated rings. The molecule has 0 bridgehead atoms. The monoisotopic (exact) mass is 309 g/mol. The maximum absolute atomic E-state index is 11.7. The fourth-order valence-corrected chi connectivity index (χ4v) is 2.46. The minimum absolute atomic E-state index is 0.0794. The van der Waals surface area contributed by atoms with E-state index < -0.39 is 15.0 Å². The first-order valence-corrected chi connectivity index (χ1v) is 7.97. The number of carbonyl (C=O) groups excluding carboxylic acids is 1. The lowest BCUT2D eigenvalue weighted by Crippen LogP contribution is -2.27. The number of hydrogen-bond acceptors (Lipinski definition) is 5. The molecule has 1 amide bonds. The second-order valence-electron chi connectivity index (χ2n) is 4.14. The number of nitrogens with one attached hydrogen (secondary N) is 1. The maximum Gasteiger partial charge on any atom is 0.287 e. The molecule has 0 saturated carbocycles. The summed E-state index contributed by atoms with van der Waals surface area (Å²) in [6.07, 6.45) is 0.0794. The molecule has 6 nitrogen and oxygen atoms in total. The van der Waals surface area contributed by atoms with E-state index in [0.717, 1.165) is 6.07 Å². The number of carbonyl (C=O) groups is 1. The van der Waals surface area contributed by atoms with Crippen molar-refractivity contribution in [2.24, 2.45) is 0 Å². The summed E-state index contributed by atoms with van der Waals surface area (Å²) in [4.78, 5) is 11.5. The van der Waals surface area contributed by atoms with E-state index in [0.29, 0.717) is 13.2 Å². The highest BCUT2D eigenvalue weighted by Crippen LogP contribution is 2.23. The quantitative estimate of drug-likeness (QED) is 0.638. The van der Waals surface area contributed by atoms with Crippen molar-refractivity contribution < 1.29 is 22.4 Å². The van der Waals surface area contributed by atoms with Crippen LogP contribution in [0.1, 0.15) is 30.2 Å². The first-order valence-electron chi connectivity index (χ1n) is 5.66. The molecular weight excluding hydrogens is 294 g/mol. The van der Waals surface area contributed by atoms with Crippen molar-refractivity contribution in [2.45, 2.75) is 31.8 Å². The predicted octanol–water partition coefficient (Wildman–Crippen LogP) is 1.67. The van der Waals surface area contributed by atoms with Crippen LogP contribution in [0.15, 0.2) is 15.4 Å². The molecule has 1 N–H and O–H groups in total. The summed E-state index contributed by atoms with van der Waals surface area (Å²) in [6, 6.07) is 1.11. The fourth-order valence-electron chi connectivity index (χ4n) is 1.37. The van der Waals surface area contributed by atoms with Crippen LogP contribution in [0.4, 0.5) is 0 Å². The zero-order chi connectivity index (χ0) is 14.6. The Balaban J connectivity index is 2.64. The van der Waals surface area contributed by atoms with Crippen LogP contribution in [0.3, 0.4) is 0 Å². The Kier molecular flexibility index (Phi) is 5.39. The van der Waals surface area contributed by atoms with E-state index in [9.17, 15) is 13.2 Å². The van der Waals surface area contributed by atoms with E-state index in [4.69, 9.17) is 19.8 Å². The molecule has 0 aliphatic carbocycles. The van der Waals surface area contributed by atoms with Gasteiger partial charge in [-0.05, 0) is 20.8 Å². The third-order valence-electron chi connectivity index (χ3n) is 2.20. The predicted molar refractivity (Wildman–Crippen MR) is 69.9 cm³/mol. The lowest BCUT2D eigenvalue weighted by Gasteiger charge is -2.07. The Hall–Kier alpha value is -1.05. The van der Waals surface area contributed by atoms with Gasteiger partial charge in [-0.1, -0.05) is 0 Å². The average molecular weight is 310 g/mol. The zero-order valence-corrected chi connectivity index (χ0v) is 12.5. The van der Waals surface area contributed by atoms with Gasteiger partial charge in [-0.3, -0.25) is 4.79 Å². The van der Waals surface area contributed by atoms with E-state index >= 15 is 0 Å². The van der Waals surface area contributed by atoms with Gasteiger partial charge in [-0.15, -0.1) is 0 Å². The van der Waals surface area contributed by atoms with Crippen molar-refractivity contribution in [3.63, 3.8) is 0 Å². The van der Waals surface area contributed by atoms with Crippen molar-refractivity contribution in [1.29, 1.82) is 0 Å². The van der Waals surface area contributed by atoms with Crippen LogP contribution in [0.2, 0.25) is 0 Å². The van der Waals surface area contributed by atoms with Crippen molar-refractivity contribution in [3.8, 4) is 0 Å². The lowest BCUT2D eigenvalue weighted by molar-refractivity contribution is 0.0736. The number of aryl methyl sites for hydroxylation is 1. The Labute approximate surface area is 116 Å². The van der Waals surface area contributed by atoms with Gasteiger partial charge in [-0.2, -0.15) is 0 Å². The Morgan fingerprint density at radius 2 is 2.16 bits per heavy atom. The minimum atomic E-state index is -3.91. The normalized spacial score (nSPS) is 11.8. The molecule has 0 spiro atoms. The molecule has 108 valence electrons. The largest absolute Gasteiger partial charge is 0.455 e. The molecule has 1 aromatic rings. The molecule has 0 saturated heterocycles. The first kappa shape index (κ1) is 16.0. The van der Waals surface area contributed by atoms with E-state index in [2.05, 4.69) is 5.32 Å². The van der Waals surface area contributed by atoms with Crippen molar-refractivity contribution in [3.05, 3.63) is 17.6 Å². The number of amides is 1. The highest BCUT2D eigenvalue weighted by atomic mass is 35.7. The molecule has 0 aromatic carbocycles. The molecule has 0 aliphatic heterocycles. The minimum Gasteiger partial charge on any atom is -0.455 e. The third kappa shape index (κ3) is 4.85. The van der Waals surface area contributed by atoms with Crippen molar-refractivity contribution >= 4 is 25.6 Å². The summed E-state index contributed by atoms with van der Waals surface area (Å²) in [7, 11) is 1.30. The maximum atomic E-state index is 11.7. The molecule has 1 rings (SSSR count). The summed E-state index contributed by atoms with van der Waals surface area (Å²) in [5.41, 5.74) is 0. The highest BCUT2D eigenvalue weighted by Gasteiger charge is 2.21. The Bertz CT molecular complexity index is 549. The smallest absolute Gasteiger partial charge is 0.287 e. The van der Waals surface area contributed by atoms with Crippen LogP contribution in [0, 0.1) is 6.92 Å². The number of rotatable bonds is 6. The summed E-state index contributed by atoms with van der Waals surface area (Å²) >= 11 is 0. The molecule has 0 radical (unpaired) electrons. The van der Waals surface area contributed by atoms with Gasteiger partial charge in [-0.25, -0.2) is 8.42 Å². The number of halogens is 1. The van der Waals surface area contributed by atoms with Crippen LogP contribution in [-0.2, 0) is 13.8 Å². The summed E-state index contributed by atoms with van der Waals surface area (Å²) in [5, 5.41) is 2.55. The van der Waals surface area contributed by atoms with Gasteiger partial charge in [0.1, 0.15) is 10.7 Å². The number of hydrogen-bond donors (Lipinski definition) is 1. The molecule has 19 heavy (non-hydrogen) atoms. The van der Waals surface area contributed by atoms with Crippen LogP contribution in [0.5, 0.6) is 0 Å². The third-order valence-corrected chi connectivity index (χ3v) is 3.63. The van der Waals surface area contributed by atoms with Gasteiger partial charge in [0.2, 0.25) is 0 Å². The van der Waals surface area contributed by atoms with Gasteiger partial charge in [0.05, 0.1) is 12.7 Å². The van der Waals surface area contributed by atoms with Gasteiger partial charge in [0, 0.05) is 23.3 Å². The fraction of sp³-hybridized carbons (Fsp3) is 0.545. The zero-order valence-electron chi connectivity index (χ0n) is 10.9. The molecule has 8 heteroatoms. The molecule has 0 atom stereocenters. The van der Waals surface area contributed by atoms with E-state index in [1.807, 2.05) is 13.8 Å². The van der Waals surface area contributed by atoms with Crippen molar-refractivity contribution in [2.75, 3.05) is 13.2 Å². The number of furan rings is 1. The summed E-state index contributed by atoms with van der Waals surface area (Å²) in [5.74, 6) is -0.526. The summed E-state index contributed by atoms with van der Waals surface area (Å²) in [6.45, 7) is 5.86. The highest BCUT2D eigenvalue weighted by molar-refractivity contribution is 8.13. The second-order valence-corrected chi connectivity index (χ2v) is 6.68. The number of ether oxygens (including phenoxy) is 1. The average Bonchev–Trinajstić information content (AvgIpc) is 2.66. The van der Waals surface area contributed by atoms with E-state index in [1.54, 1.807) is 0 Å².